The summed E-state index contributed by atoms with van der Waals surface area (Å²) < 4.78 is 5.00. The highest BCUT2D eigenvalue weighted by atomic mass is 16.5. The van der Waals surface area contributed by atoms with Gasteiger partial charge in [-0.05, 0) is 62.4 Å². The van der Waals surface area contributed by atoms with Gasteiger partial charge in [-0.3, -0.25) is 4.79 Å². The molecule has 0 heterocycles. The van der Waals surface area contributed by atoms with Gasteiger partial charge in [0.2, 0.25) is 0 Å². The predicted molar refractivity (Wildman–Crippen MR) is 77.7 cm³/mol. The number of fused-ring (bicyclic) bond motifs is 1. The number of allylic oxidation sites excluding steroid dienone is 3. The number of carbonyl (C=O) groups excluding carboxylic acids is 1. The lowest BCUT2D eigenvalue weighted by Crippen LogP contribution is -2.49. The van der Waals surface area contributed by atoms with Crippen LogP contribution in [0.25, 0.3) is 0 Å². The molecule has 1 fully saturated rings. The van der Waals surface area contributed by atoms with Gasteiger partial charge in [0.1, 0.15) is 6.61 Å². The Hall–Kier alpha value is -1.05. The lowest BCUT2D eigenvalue weighted by atomic mass is 9.47. The number of carbonyl (C=O) groups is 1. The minimum Gasteiger partial charge on any atom is -0.461 e. The Balaban J connectivity index is 1.82. The zero-order valence-electron chi connectivity index (χ0n) is 12.7. The van der Waals surface area contributed by atoms with Crippen molar-refractivity contribution in [1.82, 2.24) is 0 Å². The number of rotatable bonds is 5. The second-order valence-corrected chi connectivity index (χ2v) is 6.54. The molecule has 2 heteroatoms. The Morgan fingerprint density at radius 3 is 2.84 bits per heavy atom. The van der Waals surface area contributed by atoms with Crippen LogP contribution in [0.4, 0.5) is 0 Å². The minimum absolute atomic E-state index is 0.200. The summed E-state index contributed by atoms with van der Waals surface area (Å²) in [4.78, 5) is 10.7. The summed E-state index contributed by atoms with van der Waals surface area (Å²) >= 11 is 0. The Labute approximate surface area is 116 Å². The number of esters is 1. The molecule has 2 nitrogen and oxygen atoms in total. The summed E-state index contributed by atoms with van der Waals surface area (Å²) in [6, 6.07) is 0. The highest BCUT2D eigenvalue weighted by Gasteiger charge is 2.52. The van der Waals surface area contributed by atoms with Gasteiger partial charge in [-0.15, -0.1) is 0 Å². The van der Waals surface area contributed by atoms with E-state index in [0.29, 0.717) is 12.0 Å². The third kappa shape index (κ3) is 2.93. The molecule has 0 spiro atoms. The minimum atomic E-state index is -0.200. The summed E-state index contributed by atoms with van der Waals surface area (Å²) in [6.45, 7) is 8.69. The van der Waals surface area contributed by atoms with Gasteiger partial charge in [0.15, 0.2) is 0 Å². The zero-order valence-corrected chi connectivity index (χ0v) is 12.7. The molecular weight excluding hydrogens is 236 g/mol. The van der Waals surface area contributed by atoms with Crippen molar-refractivity contribution < 1.29 is 9.53 Å². The van der Waals surface area contributed by atoms with Gasteiger partial charge < -0.3 is 4.74 Å². The largest absolute Gasteiger partial charge is 0.461 e. The quantitative estimate of drug-likeness (QED) is 0.546. The molecule has 3 aliphatic carbocycles. The van der Waals surface area contributed by atoms with Crippen LogP contribution in [-0.4, -0.2) is 12.6 Å². The molecular formula is C17H26O2. The molecule has 0 radical (unpaired) electrons. The van der Waals surface area contributed by atoms with Crippen LogP contribution in [0.1, 0.15) is 53.4 Å². The van der Waals surface area contributed by atoms with E-state index in [-0.39, 0.29) is 5.97 Å². The summed E-state index contributed by atoms with van der Waals surface area (Å²) in [5.74, 6) is 1.51. The van der Waals surface area contributed by atoms with E-state index in [2.05, 4.69) is 26.0 Å². The van der Waals surface area contributed by atoms with Crippen molar-refractivity contribution in [2.45, 2.75) is 53.4 Å². The van der Waals surface area contributed by atoms with Crippen molar-refractivity contribution >= 4 is 5.97 Å². The summed E-state index contributed by atoms with van der Waals surface area (Å²) in [5.41, 5.74) is 3.28. The van der Waals surface area contributed by atoms with Crippen LogP contribution in [0.3, 0.4) is 0 Å². The third-order valence-electron chi connectivity index (χ3n) is 5.20. The third-order valence-corrected chi connectivity index (χ3v) is 5.20. The Morgan fingerprint density at radius 2 is 2.26 bits per heavy atom. The molecule has 0 unspecified atom stereocenters. The summed E-state index contributed by atoms with van der Waals surface area (Å²) in [6.07, 6.45) is 9.70. The molecule has 0 aromatic rings. The smallest absolute Gasteiger partial charge is 0.302 e. The fourth-order valence-electron chi connectivity index (χ4n) is 3.77. The Morgan fingerprint density at radius 1 is 1.53 bits per heavy atom. The number of ether oxygens (including phenoxy) is 1. The van der Waals surface area contributed by atoms with Crippen molar-refractivity contribution in [2.75, 3.05) is 6.61 Å². The van der Waals surface area contributed by atoms with Gasteiger partial charge in [0.25, 0.3) is 0 Å². The van der Waals surface area contributed by atoms with Crippen LogP contribution in [0.2, 0.25) is 0 Å². The van der Waals surface area contributed by atoms with Crippen LogP contribution in [0, 0.1) is 17.3 Å². The van der Waals surface area contributed by atoms with E-state index in [9.17, 15) is 4.79 Å². The average molecular weight is 262 g/mol. The standard InChI is InChI=1S/C17H26O2/c1-12(11-19-14(3)18)6-5-9-17(4)15-8-7-13(2)16(17)10-15/h6-7,15-16H,5,8-11H2,1-4H3/b12-6-/t15-,16-,17+/m0/s1. The monoisotopic (exact) mass is 262 g/mol. The molecule has 0 aromatic heterocycles. The fraction of sp³-hybridized carbons (Fsp3) is 0.706. The maximum absolute atomic E-state index is 10.7. The van der Waals surface area contributed by atoms with Gasteiger partial charge in [0, 0.05) is 6.92 Å². The molecule has 0 N–H and O–H groups in total. The summed E-state index contributed by atoms with van der Waals surface area (Å²) in [5, 5.41) is 0. The first kappa shape index (κ1) is 14.4. The van der Waals surface area contributed by atoms with E-state index >= 15 is 0 Å². The van der Waals surface area contributed by atoms with Crippen molar-refractivity contribution in [1.29, 1.82) is 0 Å². The first-order valence-electron chi connectivity index (χ1n) is 7.39. The highest BCUT2D eigenvalue weighted by molar-refractivity contribution is 5.66. The van der Waals surface area contributed by atoms with E-state index in [4.69, 9.17) is 4.74 Å². The fourth-order valence-corrected chi connectivity index (χ4v) is 3.77. The molecule has 1 saturated carbocycles. The predicted octanol–water partition coefficient (Wildman–Crippen LogP) is 4.27. The Kier molecular flexibility index (Phi) is 4.17. The van der Waals surface area contributed by atoms with E-state index < -0.39 is 0 Å². The molecule has 19 heavy (non-hydrogen) atoms. The van der Waals surface area contributed by atoms with Crippen molar-refractivity contribution in [3.8, 4) is 0 Å². The van der Waals surface area contributed by atoms with E-state index in [1.165, 1.54) is 26.2 Å². The highest BCUT2D eigenvalue weighted by Crippen LogP contribution is 2.61. The average Bonchev–Trinajstić information content (AvgIpc) is 2.35. The molecule has 2 bridgehead atoms. The number of hydrogen-bond acceptors (Lipinski definition) is 2. The first-order valence-corrected chi connectivity index (χ1v) is 7.39. The molecule has 0 aliphatic heterocycles. The van der Waals surface area contributed by atoms with E-state index in [1.54, 1.807) is 5.57 Å². The van der Waals surface area contributed by atoms with Crippen molar-refractivity contribution in [2.24, 2.45) is 17.3 Å². The molecule has 0 aromatic carbocycles. The van der Waals surface area contributed by atoms with Gasteiger partial charge in [0.05, 0.1) is 0 Å². The van der Waals surface area contributed by atoms with Gasteiger partial charge in [-0.25, -0.2) is 0 Å². The second-order valence-electron chi connectivity index (χ2n) is 6.54. The Bertz CT molecular complexity index is 419. The van der Waals surface area contributed by atoms with E-state index in [0.717, 1.165) is 23.8 Å². The molecule has 0 amide bonds. The molecule has 3 atom stereocenters. The normalized spacial score (nSPS) is 33.5. The van der Waals surface area contributed by atoms with Crippen LogP contribution < -0.4 is 0 Å². The maximum Gasteiger partial charge on any atom is 0.302 e. The van der Waals surface area contributed by atoms with Crippen LogP contribution in [0.15, 0.2) is 23.3 Å². The van der Waals surface area contributed by atoms with Crippen molar-refractivity contribution in [3.05, 3.63) is 23.3 Å². The van der Waals surface area contributed by atoms with Crippen molar-refractivity contribution in [3.63, 3.8) is 0 Å². The lowest BCUT2D eigenvalue weighted by molar-refractivity contribution is -0.139. The van der Waals surface area contributed by atoms with Crippen LogP contribution in [-0.2, 0) is 9.53 Å². The SMILES string of the molecule is CC(=O)OC/C(C)=C\CC[C@]1(C)[C@H]2CC=C(C)[C@@H]1C2. The second kappa shape index (κ2) is 5.52. The topological polar surface area (TPSA) is 26.3 Å². The zero-order chi connectivity index (χ0) is 14.0. The van der Waals surface area contributed by atoms with Crippen LogP contribution in [0.5, 0.6) is 0 Å². The number of hydrogen-bond donors (Lipinski definition) is 0. The first-order chi connectivity index (χ1) is 8.93. The molecule has 3 rings (SSSR count). The lowest BCUT2D eigenvalue weighted by Gasteiger charge is -2.58. The molecule has 0 saturated heterocycles. The van der Waals surface area contributed by atoms with Crippen LogP contribution >= 0.6 is 0 Å². The maximum atomic E-state index is 10.7. The van der Waals surface area contributed by atoms with Gasteiger partial charge in [-0.1, -0.05) is 24.6 Å². The molecule has 106 valence electrons. The van der Waals surface area contributed by atoms with Gasteiger partial charge in [-0.2, -0.15) is 0 Å². The summed E-state index contributed by atoms with van der Waals surface area (Å²) in [7, 11) is 0. The molecule has 3 aliphatic rings. The van der Waals surface area contributed by atoms with Gasteiger partial charge >= 0.3 is 5.97 Å². The van der Waals surface area contributed by atoms with E-state index in [1.807, 2.05) is 6.92 Å².